The van der Waals surface area contributed by atoms with Gasteiger partial charge in [0.1, 0.15) is 0 Å². The molecule has 3 nitrogen and oxygen atoms in total. The highest BCUT2D eigenvalue weighted by molar-refractivity contribution is 6.29. The fourth-order valence-electron chi connectivity index (χ4n) is 0.708. The number of aromatic nitrogens is 1. The molecule has 0 radical (unpaired) electrons. The van der Waals surface area contributed by atoms with E-state index < -0.39 is 11.8 Å². The maximum atomic E-state index is 12.5. The average Bonchev–Trinajstić information content (AvgIpc) is 1.96. The van der Waals surface area contributed by atoms with Crippen LogP contribution >= 0.6 is 11.6 Å². The average molecular weight is 190 g/mol. The molecule has 0 saturated heterocycles. The number of hydrogen-bond donors (Lipinski definition) is 1. The number of carbonyl (C=O) groups is 1. The van der Waals surface area contributed by atoms with Gasteiger partial charge in [0, 0.05) is 0 Å². The molecule has 0 spiro atoms. The second kappa shape index (κ2) is 3.49. The minimum absolute atomic E-state index is 0.244. The zero-order valence-electron chi connectivity index (χ0n) is 5.92. The normalized spacial score (nSPS) is 9.83. The van der Waals surface area contributed by atoms with Gasteiger partial charge >= 0.3 is 5.97 Å². The summed E-state index contributed by atoms with van der Waals surface area (Å²) in [6.07, 6.45) is -0.250. The van der Waals surface area contributed by atoms with Crippen molar-refractivity contribution < 1.29 is 14.3 Å². The number of nitrogens with zero attached hydrogens (tertiary/aromatic N) is 1. The van der Waals surface area contributed by atoms with Crippen molar-refractivity contribution in [2.45, 2.75) is 6.42 Å². The van der Waals surface area contributed by atoms with Crippen LogP contribution in [0.5, 0.6) is 0 Å². The highest BCUT2D eigenvalue weighted by Gasteiger charge is 2.05. The maximum absolute atomic E-state index is 12.5. The predicted octanol–water partition coefficient (Wildman–Crippen LogP) is 1.50. The van der Waals surface area contributed by atoms with Crippen LogP contribution in [0, 0.1) is 5.82 Å². The second-order valence-corrected chi connectivity index (χ2v) is 2.50. The fraction of sp³-hybridized carbons (Fsp3) is 0.143. The summed E-state index contributed by atoms with van der Waals surface area (Å²) in [5.41, 5.74) is 0.244. The number of aliphatic carboxylic acids is 1. The van der Waals surface area contributed by atoms with E-state index in [9.17, 15) is 9.18 Å². The summed E-state index contributed by atoms with van der Waals surface area (Å²) in [7, 11) is 0. The fourth-order valence-corrected chi connectivity index (χ4v) is 0.880. The molecule has 0 bridgehead atoms. The number of rotatable bonds is 2. The summed E-state index contributed by atoms with van der Waals surface area (Å²) in [6, 6.07) is 2.38. The van der Waals surface area contributed by atoms with E-state index in [-0.39, 0.29) is 17.3 Å². The summed E-state index contributed by atoms with van der Waals surface area (Å²) in [5.74, 6) is -1.67. The van der Waals surface area contributed by atoms with Gasteiger partial charge in [-0.05, 0) is 12.1 Å². The third-order valence-electron chi connectivity index (χ3n) is 1.19. The van der Waals surface area contributed by atoms with Crippen LogP contribution in [0.3, 0.4) is 0 Å². The molecule has 0 aliphatic rings. The smallest absolute Gasteiger partial charge is 0.309 e. The first kappa shape index (κ1) is 8.93. The summed E-state index contributed by atoms with van der Waals surface area (Å²) in [6.45, 7) is 0. The number of halogens is 2. The molecule has 1 heterocycles. The van der Waals surface area contributed by atoms with E-state index in [1.807, 2.05) is 0 Å². The van der Waals surface area contributed by atoms with Crippen LogP contribution in [0.15, 0.2) is 12.1 Å². The Morgan fingerprint density at radius 1 is 1.67 bits per heavy atom. The molecule has 0 saturated carbocycles. The van der Waals surface area contributed by atoms with Crippen LogP contribution in [0.2, 0.25) is 5.15 Å². The maximum Gasteiger partial charge on any atom is 0.309 e. The standard InChI is InChI=1S/C7H5ClFNO2/c8-7-5(9)2-1-4(10-7)3-6(11)12/h1-2H,3H2,(H,11,12). The first-order valence-electron chi connectivity index (χ1n) is 3.12. The largest absolute Gasteiger partial charge is 0.481 e. The summed E-state index contributed by atoms with van der Waals surface area (Å²) < 4.78 is 12.5. The lowest BCUT2D eigenvalue weighted by molar-refractivity contribution is -0.136. The summed E-state index contributed by atoms with van der Waals surface area (Å²) >= 11 is 5.32. The Bertz CT molecular complexity index is 316. The topological polar surface area (TPSA) is 50.2 Å². The van der Waals surface area contributed by atoms with Gasteiger partial charge in [-0.15, -0.1) is 0 Å². The Morgan fingerprint density at radius 2 is 2.33 bits per heavy atom. The molecule has 12 heavy (non-hydrogen) atoms. The zero-order valence-corrected chi connectivity index (χ0v) is 6.68. The monoisotopic (exact) mass is 189 g/mol. The Morgan fingerprint density at radius 3 is 2.83 bits per heavy atom. The van der Waals surface area contributed by atoms with Gasteiger partial charge < -0.3 is 5.11 Å². The molecule has 0 amide bonds. The molecular weight excluding hydrogens is 185 g/mol. The molecular formula is C7H5ClFNO2. The van der Waals surface area contributed by atoms with E-state index in [0.717, 1.165) is 6.07 Å². The van der Waals surface area contributed by atoms with Crippen molar-refractivity contribution in [1.29, 1.82) is 0 Å². The molecule has 64 valence electrons. The predicted molar refractivity (Wildman–Crippen MR) is 40.5 cm³/mol. The molecule has 5 heteroatoms. The minimum Gasteiger partial charge on any atom is -0.481 e. The lowest BCUT2D eigenvalue weighted by atomic mass is 10.3. The highest BCUT2D eigenvalue weighted by Crippen LogP contribution is 2.11. The molecule has 0 fully saturated rings. The van der Waals surface area contributed by atoms with Gasteiger partial charge in [-0.1, -0.05) is 11.6 Å². The lowest BCUT2D eigenvalue weighted by Crippen LogP contribution is -2.02. The molecule has 0 aromatic carbocycles. The minimum atomic E-state index is -1.02. The van der Waals surface area contributed by atoms with Gasteiger partial charge in [0.25, 0.3) is 0 Å². The summed E-state index contributed by atoms with van der Waals surface area (Å²) in [4.78, 5) is 13.7. The molecule has 1 rings (SSSR count). The van der Waals surface area contributed by atoms with Crippen LogP contribution in [-0.4, -0.2) is 16.1 Å². The van der Waals surface area contributed by atoms with Crippen molar-refractivity contribution in [2.24, 2.45) is 0 Å². The van der Waals surface area contributed by atoms with E-state index in [1.54, 1.807) is 0 Å². The van der Waals surface area contributed by atoms with Crippen LogP contribution < -0.4 is 0 Å². The molecule has 1 aromatic heterocycles. The third kappa shape index (κ3) is 2.17. The SMILES string of the molecule is O=C(O)Cc1ccc(F)c(Cl)n1. The van der Waals surface area contributed by atoms with Crippen LogP contribution in [0.1, 0.15) is 5.69 Å². The first-order chi connectivity index (χ1) is 5.59. The van der Waals surface area contributed by atoms with Crippen molar-refractivity contribution in [3.05, 3.63) is 28.8 Å². The van der Waals surface area contributed by atoms with Crippen molar-refractivity contribution >= 4 is 17.6 Å². The van der Waals surface area contributed by atoms with Crippen LogP contribution in [-0.2, 0) is 11.2 Å². The van der Waals surface area contributed by atoms with E-state index >= 15 is 0 Å². The van der Waals surface area contributed by atoms with Crippen molar-refractivity contribution in [3.63, 3.8) is 0 Å². The van der Waals surface area contributed by atoms with Crippen molar-refractivity contribution in [3.8, 4) is 0 Å². The Kier molecular flexibility index (Phi) is 2.60. The number of hydrogen-bond acceptors (Lipinski definition) is 2. The lowest BCUT2D eigenvalue weighted by Gasteiger charge is -1.96. The number of carboxylic acid groups (broad SMARTS) is 1. The molecule has 0 aliphatic carbocycles. The number of carboxylic acids is 1. The van der Waals surface area contributed by atoms with Crippen LogP contribution in [0.25, 0.3) is 0 Å². The Balaban J connectivity index is 2.89. The van der Waals surface area contributed by atoms with E-state index in [4.69, 9.17) is 16.7 Å². The van der Waals surface area contributed by atoms with E-state index in [1.165, 1.54) is 6.07 Å². The third-order valence-corrected chi connectivity index (χ3v) is 1.46. The number of pyridine rings is 1. The van der Waals surface area contributed by atoms with Gasteiger partial charge in [0.05, 0.1) is 12.1 Å². The molecule has 0 unspecified atom stereocenters. The van der Waals surface area contributed by atoms with E-state index in [2.05, 4.69) is 4.98 Å². The Labute approximate surface area is 72.8 Å². The molecule has 0 atom stereocenters. The van der Waals surface area contributed by atoms with E-state index in [0.29, 0.717) is 0 Å². The highest BCUT2D eigenvalue weighted by atomic mass is 35.5. The molecule has 1 aromatic rings. The quantitative estimate of drug-likeness (QED) is 0.718. The van der Waals surface area contributed by atoms with Crippen molar-refractivity contribution in [1.82, 2.24) is 4.98 Å². The van der Waals surface area contributed by atoms with Gasteiger partial charge in [-0.25, -0.2) is 9.37 Å². The van der Waals surface area contributed by atoms with Crippen molar-refractivity contribution in [2.75, 3.05) is 0 Å². The Hall–Kier alpha value is -1.16. The zero-order chi connectivity index (χ0) is 9.14. The first-order valence-corrected chi connectivity index (χ1v) is 3.50. The van der Waals surface area contributed by atoms with Gasteiger partial charge in [-0.2, -0.15) is 0 Å². The van der Waals surface area contributed by atoms with Crippen LogP contribution in [0.4, 0.5) is 4.39 Å². The second-order valence-electron chi connectivity index (χ2n) is 2.15. The van der Waals surface area contributed by atoms with Gasteiger partial charge in [0.2, 0.25) is 0 Å². The molecule has 1 N–H and O–H groups in total. The summed E-state index contributed by atoms with van der Waals surface area (Å²) in [5, 5.41) is 8.05. The van der Waals surface area contributed by atoms with Gasteiger partial charge in [-0.3, -0.25) is 4.79 Å². The molecule has 0 aliphatic heterocycles. The van der Waals surface area contributed by atoms with Gasteiger partial charge in [0.15, 0.2) is 11.0 Å².